The Morgan fingerprint density at radius 2 is 2.11 bits per heavy atom. The number of methoxy groups -OCH3 is 1. The highest BCUT2D eigenvalue weighted by atomic mass is 35.5. The molecule has 1 aliphatic rings. The van der Waals surface area contributed by atoms with E-state index in [1.807, 2.05) is 33.9 Å². The van der Waals surface area contributed by atoms with Crippen molar-refractivity contribution in [3.8, 4) is 5.69 Å². The zero-order chi connectivity index (χ0) is 19.1. The molecule has 0 saturated carbocycles. The van der Waals surface area contributed by atoms with Crippen molar-refractivity contribution in [2.75, 3.05) is 18.6 Å². The monoisotopic (exact) mass is 405 g/mol. The molecule has 1 N–H and O–H groups in total. The lowest BCUT2D eigenvalue weighted by atomic mass is 10.1. The van der Waals surface area contributed by atoms with E-state index in [1.54, 1.807) is 18.6 Å². The topological polar surface area (TPSA) is 67.6 Å². The summed E-state index contributed by atoms with van der Waals surface area (Å²) in [6.07, 6.45) is 4.91. The molecule has 1 saturated heterocycles. The average molecular weight is 406 g/mol. The van der Waals surface area contributed by atoms with Gasteiger partial charge in [-0.25, -0.2) is 9.78 Å². The molecule has 140 valence electrons. The van der Waals surface area contributed by atoms with Crippen LogP contribution in [-0.4, -0.2) is 46.4 Å². The van der Waals surface area contributed by atoms with Gasteiger partial charge < -0.3 is 19.3 Å². The number of rotatable bonds is 3. The minimum atomic E-state index is -0.615. The average Bonchev–Trinajstić information content (AvgIpc) is 3.33. The van der Waals surface area contributed by atoms with Crippen molar-refractivity contribution in [1.82, 2.24) is 9.55 Å². The fraction of sp³-hybridized carbons (Fsp3) is 0.263. The van der Waals surface area contributed by atoms with Crippen LogP contribution in [0.15, 0.2) is 43.0 Å². The fourth-order valence-electron chi connectivity index (χ4n) is 3.58. The van der Waals surface area contributed by atoms with Gasteiger partial charge in [0, 0.05) is 41.8 Å². The molecule has 8 heteroatoms. The van der Waals surface area contributed by atoms with Gasteiger partial charge in [-0.05, 0) is 18.2 Å². The molecule has 2 heterocycles. The fourth-order valence-corrected chi connectivity index (χ4v) is 3.96. The van der Waals surface area contributed by atoms with E-state index < -0.39 is 12.1 Å². The molecule has 0 amide bonds. The number of aliphatic hydroxyl groups is 1. The number of hydrogen-bond acceptors (Lipinski definition) is 5. The molecule has 2 aromatic carbocycles. The maximum Gasteiger partial charge on any atom is 0.328 e. The van der Waals surface area contributed by atoms with E-state index in [0.717, 1.165) is 22.1 Å². The van der Waals surface area contributed by atoms with E-state index in [4.69, 9.17) is 27.9 Å². The highest BCUT2D eigenvalue weighted by Crippen LogP contribution is 2.38. The number of carbonyl (C=O) groups is 1. The number of ether oxygens (including phenoxy) is 1. The summed E-state index contributed by atoms with van der Waals surface area (Å²) in [6, 6.07) is 6.93. The second-order valence-corrected chi connectivity index (χ2v) is 7.26. The molecular formula is C19H17Cl2N3O3. The summed E-state index contributed by atoms with van der Waals surface area (Å²) in [4.78, 5) is 18.2. The zero-order valence-electron chi connectivity index (χ0n) is 14.5. The molecule has 0 unspecified atom stereocenters. The smallest absolute Gasteiger partial charge is 0.328 e. The van der Waals surface area contributed by atoms with Crippen LogP contribution in [0.25, 0.3) is 16.5 Å². The first-order chi connectivity index (χ1) is 13.0. The van der Waals surface area contributed by atoms with Crippen molar-refractivity contribution >= 4 is 45.6 Å². The number of aromatic nitrogens is 2. The van der Waals surface area contributed by atoms with Gasteiger partial charge >= 0.3 is 5.97 Å². The molecule has 3 aromatic rings. The Bertz CT molecular complexity index is 1010. The Labute approximate surface area is 165 Å². The van der Waals surface area contributed by atoms with Gasteiger partial charge in [0.2, 0.25) is 0 Å². The summed E-state index contributed by atoms with van der Waals surface area (Å²) < 4.78 is 6.78. The molecule has 2 atom stereocenters. The maximum atomic E-state index is 12.2. The number of hydrogen-bond donors (Lipinski definition) is 1. The van der Waals surface area contributed by atoms with E-state index in [2.05, 4.69) is 4.98 Å². The number of benzene rings is 2. The number of imidazole rings is 1. The van der Waals surface area contributed by atoms with Crippen LogP contribution in [0.4, 0.5) is 5.69 Å². The summed E-state index contributed by atoms with van der Waals surface area (Å²) in [6.45, 7) is 0.326. The number of β-amino-alcohol motifs (C(OH)–C–C–N with tert-alkyl or cyclic N) is 1. The van der Waals surface area contributed by atoms with Crippen LogP contribution < -0.4 is 4.90 Å². The van der Waals surface area contributed by atoms with Gasteiger partial charge in [-0.2, -0.15) is 0 Å². The predicted octanol–water partition coefficient (Wildman–Crippen LogP) is 3.44. The third-order valence-corrected chi connectivity index (χ3v) is 5.67. The molecule has 27 heavy (non-hydrogen) atoms. The van der Waals surface area contributed by atoms with E-state index in [9.17, 15) is 9.90 Å². The van der Waals surface area contributed by atoms with Gasteiger partial charge in [-0.15, -0.1) is 0 Å². The number of nitrogens with zero attached hydrogens (tertiary/aromatic N) is 3. The number of carbonyl (C=O) groups excluding carboxylic acids is 1. The Kier molecular flexibility index (Phi) is 4.72. The van der Waals surface area contributed by atoms with Crippen LogP contribution in [0.5, 0.6) is 0 Å². The molecule has 1 fully saturated rings. The van der Waals surface area contributed by atoms with Crippen LogP contribution in [0.3, 0.4) is 0 Å². The van der Waals surface area contributed by atoms with Crippen LogP contribution in [0.1, 0.15) is 6.42 Å². The second kappa shape index (κ2) is 7.03. The van der Waals surface area contributed by atoms with Crippen molar-refractivity contribution in [3.63, 3.8) is 0 Å². The first-order valence-corrected chi connectivity index (χ1v) is 9.18. The van der Waals surface area contributed by atoms with Gasteiger partial charge in [0.05, 0.1) is 35.3 Å². The first-order valence-electron chi connectivity index (χ1n) is 8.42. The largest absolute Gasteiger partial charge is 0.467 e. The van der Waals surface area contributed by atoms with E-state index in [0.29, 0.717) is 23.0 Å². The predicted molar refractivity (Wildman–Crippen MR) is 105 cm³/mol. The van der Waals surface area contributed by atoms with Gasteiger partial charge in [0.25, 0.3) is 0 Å². The molecule has 0 radical (unpaired) electrons. The van der Waals surface area contributed by atoms with Crippen LogP contribution >= 0.6 is 23.2 Å². The normalized spacial score (nSPS) is 19.6. The highest BCUT2D eigenvalue weighted by Gasteiger charge is 2.37. The standard InChI is InChI=1S/C19H17Cl2N3O3/c1-27-19(26)17-8-12(25)9-24(17)11-6-14-13(2-3-15(20)18(14)21)16(7-11)23-5-4-22-10-23/h2-7,10,12,17,25H,8-9H2,1H3/t12-,17-/m0/s1. The molecule has 0 bridgehead atoms. The van der Waals surface area contributed by atoms with Crippen LogP contribution in [0.2, 0.25) is 10.0 Å². The van der Waals surface area contributed by atoms with Crippen molar-refractivity contribution in [2.45, 2.75) is 18.6 Å². The quantitative estimate of drug-likeness (QED) is 0.675. The summed E-state index contributed by atoms with van der Waals surface area (Å²) >= 11 is 12.7. The van der Waals surface area contributed by atoms with Gasteiger partial charge in [0.15, 0.2) is 0 Å². The highest BCUT2D eigenvalue weighted by molar-refractivity contribution is 6.45. The molecule has 4 rings (SSSR count). The zero-order valence-corrected chi connectivity index (χ0v) is 16.0. The minimum Gasteiger partial charge on any atom is -0.467 e. The Hall–Kier alpha value is -2.28. The number of esters is 1. The van der Waals surface area contributed by atoms with Crippen molar-refractivity contribution in [3.05, 3.63) is 53.0 Å². The Balaban J connectivity index is 1.93. The molecule has 0 spiro atoms. The van der Waals surface area contributed by atoms with Crippen LogP contribution in [0, 0.1) is 0 Å². The Morgan fingerprint density at radius 3 is 2.81 bits per heavy atom. The summed E-state index contributed by atoms with van der Waals surface area (Å²) in [5.74, 6) is -0.381. The summed E-state index contributed by atoms with van der Waals surface area (Å²) in [5.41, 5.74) is 1.60. The van der Waals surface area contributed by atoms with Crippen molar-refractivity contribution in [2.24, 2.45) is 0 Å². The van der Waals surface area contributed by atoms with Crippen molar-refractivity contribution in [1.29, 1.82) is 0 Å². The van der Waals surface area contributed by atoms with E-state index >= 15 is 0 Å². The number of halogens is 2. The number of fused-ring (bicyclic) bond motifs is 1. The minimum absolute atomic E-state index is 0.314. The lowest BCUT2D eigenvalue weighted by Crippen LogP contribution is -2.37. The SMILES string of the molecule is COC(=O)[C@@H]1C[C@H](O)CN1c1cc(-n2ccnc2)c2ccc(Cl)c(Cl)c2c1. The Morgan fingerprint density at radius 1 is 1.30 bits per heavy atom. The van der Waals surface area contributed by atoms with Gasteiger partial charge in [-0.3, -0.25) is 0 Å². The summed E-state index contributed by atoms with van der Waals surface area (Å²) in [7, 11) is 1.35. The van der Waals surface area contributed by atoms with Crippen LogP contribution in [-0.2, 0) is 9.53 Å². The number of aliphatic hydroxyl groups excluding tert-OH is 1. The molecule has 1 aliphatic heterocycles. The van der Waals surface area contributed by atoms with Gasteiger partial charge in [0.1, 0.15) is 6.04 Å². The lowest BCUT2D eigenvalue weighted by Gasteiger charge is -2.26. The third kappa shape index (κ3) is 3.14. The molecule has 0 aliphatic carbocycles. The van der Waals surface area contributed by atoms with E-state index in [-0.39, 0.29) is 5.97 Å². The molecule has 6 nitrogen and oxygen atoms in total. The second-order valence-electron chi connectivity index (χ2n) is 6.47. The third-order valence-electron chi connectivity index (χ3n) is 4.85. The molecular weight excluding hydrogens is 389 g/mol. The van der Waals surface area contributed by atoms with Crippen molar-refractivity contribution < 1.29 is 14.6 Å². The molecule has 1 aromatic heterocycles. The number of anilines is 1. The summed E-state index contributed by atoms with van der Waals surface area (Å²) in [5, 5.41) is 12.7. The van der Waals surface area contributed by atoms with Gasteiger partial charge in [-0.1, -0.05) is 29.3 Å². The lowest BCUT2D eigenvalue weighted by molar-refractivity contribution is -0.142. The van der Waals surface area contributed by atoms with E-state index in [1.165, 1.54) is 7.11 Å². The maximum absolute atomic E-state index is 12.2. The first kappa shape index (κ1) is 18.1.